The van der Waals surface area contributed by atoms with Crippen molar-refractivity contribution in [2.75, 3.05) is 0 Å². The first-order valence-electron chi connectivity index (χ1n) is 4.49. The molecule has 0 spiro atoms. The molecule has 0 aliphatic heterocycles. The van der Waals surface area contributed by atoms with Crippen LogP contribution >= 0.6 is 31.3 Å². The fourth-order valence-electron chi connectivity index (χ4n) is 1.16. The number of rotatable bonds is 4. The van der Waals surface area contributed by atoms with E-state index in [1.165, 1.54) is 22.7 Å². The Balaban J connectivity index is 2.13. The van der Waals surface area contributed by atoms with E-state index in [9.17, 15) is 9.59 Å². The molecule has 2 heterocycles. The van der Waals surface area contributed by atoms with Crippen molar-refractivity contribution in [3.8, 4) is 0 Å². The molecule has 2 N–H and O–H groups in total. The highest BCUT2D eigenvalue weighted by atomic mass is 32.1. The molecule has 0 atom stereocenters. The van der Waals surface area contributed by atoms with Crippen molar-refractivity contribution >= 4 is 52.4 Å². The van der Waals surface area contributed by atoms with E-state index >= 15 is 0 Å². The summed E-state index contributed by atoms with van der Waals surface area (Å²) in [6.07, 6.45) is 0. The van der Waals surface area contributed by atoms with Crippen molar-refractivity contribution < 1.29 is 19.8 Å². The van der Waals surface area contributed by atoms with Crippen LogP contribution in [0.5, 0.6) is 0 Å². The number of carboxylic acid groups (broad SMARTS) is 2. The second kappa shape index (κ2) is 4.96. The molecule has 2 rings (SSSR count). The second-order valence-corrected chi connectivity index (χ2v) is 7.28. The van der Waals surface area contributed by atoms with Gasteiger partial charge in [0, 0.05) is 9.24 Å². The summed E-state index contributed by atoms with van der Waals surface area (Å²) in [6, 6.07) is 6.68. The molecule has 0 aromatic carbocycles. The van der Waals surface area contributed by atoms with Crippen molar-refractivity contribution in [1.82, 2.24) is 0 Å². The van der Waals surface area contributed by atoms with Crippen molar-refractivity contribution in [3.63, 3.8) is 0 Å². The van der Waals surface area contributed by atoms with E-state index in [-0.39, 0.29) is 0 Å². The standard InChI is InChI=1S/C10H7O4PS2/c11-9(12)5-1-3-7(16-5)15-8-4-2-6(17-8)10(13)14/h1-4,15H,(H,11,12)(H,13,14). The number of hydrogen-bond donors (Lipinski definition) is 2. The van der Waals surface area contributed by atoms with Gasteiger partial charge >= 0.3 is 11.9 Å². The topological polar surface area (TPSA) is 74.6 Å². The normalized spacial score (nSPS) is 10.4. The third-order valence-electron chi connectivity index (χ3n) is 1.88. The Bertz CT molecular complexity index is 522. The lowest BCUT2D eigenvalue weighted by atomic mass is 10.5. The number of carbonyl (C=O) groups is 2. The van der Waals surface area contributed by atoms with E-state index in [1.807, 2.05) is 0 Å². The second-order valence-electron chi connectivity index (χ2n) is 3.06. The highest BCUT2D eigenvalue weighted by Crippen LogP contribution is 2.22. The Kier molecular flexibility index (Phi) is 3.57. The third-order valence-corrected chi connectivity index (χ3v) is 5.70. The summed E-state index contributed by atoms with van der Waals surface area (Å²) in [7, 11) is 0.314. The van der Waals surface area contributed by atoms with Crippen LogP contribution in [0.25, 0.3) is 0 Å². The molecule has 0 aliphatic carbocycles. The summed E-state index contributed by atoms with van der Waals surface area (Å²) in [5.74, 6) is -1.85. The van der Waals surface area contributed by atoms with Gasteiger partial charge in [0.15, 0.2) is 0 Å². The summed E-state index contributed by atoms with van der Waals surface area (Å²) in [4.78, 5) is 22.0. The Morgan fingerprint density at radius 2 is 1.29 bits per heavy atom. The molecule has 0 aliphatic rings. The van der Waals surface area contributed by atoms with Gasteiger partial charge in [-0.25, -0.2) is 9.59 Å². The average molecular weight is 286 g/mol. The smallest absolute Gasteiger partial charge is 0.345 e. The molecule has 2 aromatic heterocycles. The fourth-order valence-corrected chi connectivity index (χ4v) is 4.85. The monoisotopic (exact) mass is 286 g/mol. The van der Waals surface area contributed by atoms with Crippen LogP contribution in [0.2, 0.25) is 0 Å². The number of hydrogen-bond acceptors (Lipinski definition) is 4. The maximum atomic E-state index is 10.7. The van der Waals surface area contributed by atoms with Crippen LogP contribution in [0.1, 0.15) is 19.3 Å². The van der Waals surface area contributed by atoms with Crippen LogP contribution in [0.4, 0.5) is 0 Å². The predicted molar refractivity (Wildman–Crippen MR) is 70.1 cm³/mol. The Labute approximate surface area is 106 Å². The van der Waals surface area contributed by atoms with E-state index < -0.39 is 11.9 Å². The Hall–Kier alpha value is -1.23. The van der Waals surface area contributed by atoms with Crippen molar-refractivity contribution in [2.24, 2.45) is 0 Å². The summed E-state index contributed by atoms with van der Waals surface area (Å²) in [6.45, 7) is 0. The largest absolute Gasteiger partial charge is 0.477 e. The first-order valence-corrected chi connectivity index (χ1v) is 7.13. The van der Waals surface area contributed by atoms with E-state index in [0.717, 1.165) is 9.24 Å². The Morgan fingerprint density at radius 1 is 0.882 bits per heavy atom. The zero-order valence-electron chi connectivity index (χ0n) is 8.34. The molecular weight excluding hydrogens is 279 g/mol. The third kappa shape index (κ3) is 2.91. The SMILES string of the molecule is O=C(O)c1ccc(Pc2ccc(C(=O)O)s2)s1. The highest BCUT2D eigenvalue weighted by Gasteiger charge is 2.10. The van der Waals surface area contributed by atoms with Gasteiger partial charge in [-0.1, -0.05) is 0 Å². The molecule has 0 radical (unpaired) electrons. The molecule has 17 heavy (non-hydrogen) atoms. The molecule has 0 saturated heterocycles. The molecular formula is C10H7O4PS2. The lowest BCUT2D eigenvalue weighted by Crippen LogP contribution is -1.94. The van der Waals surface area contributed by atoms with Crippen LogP contribution in [0, 0.1) is 0 Å². The average Bonchev–Trinajstić information content (AvgIpc) is 2.87. The molecule has 0 unspecified atom stereocenters. The van der Waals surface area contributed by atoms with Gasteiger partial charge < -0.3 is 10.2 Å². The molecule has 7 heteroatoms. The Morgan fingerprint density at radius 3 is 1.59 bits per heavy atom. The van der Waals surface area contributed by atoms with E-state index in [0.29, 0.717) is 18.3 Å². The minimum Gasteiger partial charge on any atom is -0.477 e. The van der Waals surface area contributed by atoms with Crippen LogP contribution in [-0.2, 0) is 0 Å². The maximum Gasteiger partial charge on any atom is 0.345 e. The molecule has 0 amide bonds. The van der Waals surface area contributed by atoms with Gasteiger partial charge in [-0.05, 0) is 32.8 Å². The molecule has 0 bridgehead atoms. The van der Waals surface area contributed by atoms with Crippen molar-refractivity contribution in [3.05, 3.63) is 34.0 Å². The van der Waals surface area contributed by atoms with Gasteiger partial charge in [0.05, 0.1) is 0 Å². The van der Waals surface area contributed by atoms with E-state index in [1.54, 1.807) is 24.3 Å². The highest BCUT2D eigenvalue weighted by molar-refractivity contribution is 7.68. The number of carboxylic acids is 2. The van der Waals surface area contributed by atoms with E-state index in [4.69, 9.17) is 10.2 Å². The number of thiophene rings is 2. The minimum atomic E-state index is -0.927. The predicted octanol–water partition coefficient (Wildman–Crippen LogP) is 1.84. The maximum absolute atomic E-state index is 10.7. The van der Waals surface area contributed by atoms with Crippen molar-refractivity contribution in [2.45, 2.75) is 0 Å². The van der Waals surface area contributed by atoms with Crippen molar-refractivity contribution in [1.29, 1.82) is 0 Å². The zero-order valence-corrected chi connectivity index (χ0v) is 11.0. The van der Waals surface area contributed by atoms with Crippen LogP contribution in [-0.4, -0.2) is 22.2 Å². The molecule has 88 valence electrons. The number of aromatic carboxylic acids is 2. The van der Waals surface area contributed by atoms with Crippen LogP contribution in [0.3, 0.4) is 0 Å². The molecule has 2 aromatic rings. The van der Waals surface area contributed by atoms with Crippen LogP contribution < -0.4 is 9.24 Å². The fraction of sp³-hybridized carbons (Fsp3) is 0. The quantitative estimate of drug-likeness (QED) is 0.841. The lowest BCUT2D eigenvalue weighted by Gasteiger charge is -1.92. The van der Waals surface area contributed by atoms with Gasteiger partial charge in [0.2, 0.25) is 0 Å². The lowest BCUT2D eigenvalue weighted by molar-refractivity contribution is 0.0691. The first kappa shape index (κ1) is 12.2. The summed E-state index contributed by atoms with van der Waals surface area (Å²) < 4.78 is 1.89. The molecule has 4 nitrogen and oxygen atoms in total. The zero-order chi connectivity index (χ0) is 12.4. The minimum absolute atomic E-state index is 0.308. The van der Waals surface area contributed by atoms with E-state index in [2.05, 4.69) is 0 Å². The van der Waals surface area contributed by atoms with Gasteiger partial charge in [0.25, 0.3) is 0 Å². The van der Waals surface area contributed by atoms with Crippen LogP contribution in [0.15, 0.2) is 24.3 Å². The molecule has 0 fully saturated rings. The van der Waals surface area contributed by atoms with Gasteiger partial charge in [0.1, 0.15) is 9.75 Å². The van der Waals surface area contributed by atoms with Gasteiger partial charge in [-0.15, -0.1) is 22.7 Å². The van der Waals surface area contributed by atoms with Gasteiger partial charge in [-0.2, -0.15) is 0 Å². The first-order chi connectivity index (χ1) is 8.06. The van der Waals surface area contributed by atoms with Gasteiger partial charge in [-0.3, -0.25) is 0 Å². The summed E-state index contributed by atoms with van der Waals surface area (Å²) in [5, 5.41) is 17.6. The summed E-state index contributed by atoms with van der Waals surface area (Å²) in [5.41, 5.74) is 0. The molecule has 0 saturated carbocycles. The summed E-state index contributed by atoms with van der Waals surface area (Å²) >= 11 is 2.45.